The Hall–Kier alpha value is 0.820. The van der Waals surface area contributed by atoms with E-state index in [1.807, 2.05) is 13.8 Å². The van der Waals surface area contributed by atoms with Crippen molar-refractivity contribution >= 4 is 46.4 Å². The van der Waals surface area contributed by atoms with Crippen molar-refractivity contribution in [1.29, 1.82) is 0 Å². The van der Waals surface area contributed by atoms with Crippen LogP contribution in [0.1, 0.15) is 33.1 Å². The summed E-state index contributed by atoms with van der Waals surface area (Å²) in [5, 5.41) is 0.807. The second kappa shape index (κ2) is 4.91. The van der Waals surface area contributed by atoms with E-state index >= 15 is 0 Å². The number of alkyl halides is 2. The quantitative estimate of drug-likeness (QED) is 0.528. The molecule has 0 aromatic heterocycles. The standard InChI is InChI=1S/C14H18Cl4O2/c1-3-19-14(20-4-2)12(17)8-6-5-7-9(8)13(14,18)11(16)10(12)15/h8-9H,3-7H2,1-2H3. The molecule has 2 fully saturated rings. The zero-order valence-electron chi connectivity index (χ0n) is 11.5. The van der Waals surface area contributed by atoms with Gasteiger partial charge in [-0.05, 0) is 38.5 Å². The number of ether oxygens (including phenoxy) is 2. The Kier molecular flexibility index (Phi) is 3.85. The molecule has 0 N–H and O–H groups in total. The number of rotatable bonds is 4. The fourth-order valence-corrected chi connectivity index (χ4v) is 6.67. The van der Waals surface area contributed by atoms with Gasteiger partial charge in [-0.25, -0.2) is 0 Å². The Labute approximate surface area is 139 Å². The van der Waals surface area contributed by atoms with Crippen LogP contribution in [0.3, 0.4) is 0 Å². The molecule has 0 amide bonds. The number of hydrogen-bond acceptors (Lipinski definition) is 2. The minimum absolute atomic E-state index is 0.148. The first-order valence-corrected chi connectivity index (χ1v) is 8.64. The molecule has 3 rings (SSSR count). The fraction of sp³-hybridized carbons (Fsp3) is 0.857. The van der Waals surface area contributed by atoms with Crippen molar-refractivity contribution in [1.82, 2.24) is 0 Å². The fourth-order valence-electron chi connectivity index (χ4n) is 4.47. The van der Waals surface area contributed by atoms with Gasteiger partial charge in [0.2, 0.25) is 5.79 Å². The van der Waals surface area contributed by atoms with Gasteiger partial charge in [-0.1, -0.05) is 29.6 Å². The molecule has 2 nitrogen and oxygen atoms in total. The van der Waals surface area contributed by atoms with E-state index in [0.717, 1.165) is 19.3 Å². The highest BCUT2D eigenvalue weighted by Gasteiger charge is 2.85. The zero-order chi connectivity index (χ0) is 14.8. The van der Waals surface area contributed by atoms with Gasteiger partial charge in [-0.2, -0.15) is 0 Å². The molecular formula is C14H18Cl4O2. The minimum Gasteiger partial charge on any atom is -0.346 e. The van der Waals surface area contributed by atoms with E-state index in [1.165, 1.54) is 0 Å². The van der Waals surface area contributed by atoms with Gasteiger partial charge in [0.1, 0.15) is 9.75 Å². The summed E-state index contributed by atoms with van der Waals surface area (Å²) in [6.07, 6.45) is 3.04. The molecule has 114 valence electrons. The third kappa shape index (κ3) is 1.42. The lowest BCUT2D eigenvalue weighted by Crippen LogP contribution is -2.59. The van der Waals surface area contributed by atoms with Crippen molar-refractivity contribution in [3.63, 3.8) is 0 Å². The van der Waals surface area contributed by atoms with E-state index in [2.05, 4.69) is 0 Å². The Balaban J connectivity index is 2.22. The van der Waals surface area contributed by atoms with Crippen LogP contribution in [0.4, 0.5) is 0 Å². The van der Waals surface area contributed by atoms with Crippen molar-refractivity contribution in [2.24, 2.45) is 11.8 Å². The number of fused-ring (bicyclic) bond motifs is 5. The number of hydrogen-bond donors (Lipinski definition) is 0. The molecule has 6 heteroatoms. The molecule has 0 spiro atoms. The second-order valence-electron chi connectivity index (χ2n) is 5.68. The summed E-state index contributed by atoms with van der Waals surface area (Å²) >= 11 is 27.0. The van der Waals surface area contributed by atoms with Crippen molar-refractivity contribution < 1.29 is 9.47 Å². The van der Waals surface area contributed by atoms with Crippen molar-refractivity contribution in [3.8, 4) is 0 Å². The molecule has 2 bridgehead atoms. The van der Waals surface area contributed by atoms with Gasteiger partial charge in [0.15, 0.2) is 0 Å². The Morgan fingerprint density at radius 1 is 0.950 bits per heavy atom. The maximum Gasteiger partial charge on any atom is 0.218 e. The van der Waals surface area contributed by atoms with E-state index in [1.54, 1.807) is 0 Å². The Morgan fingerprint density at radius 3 is 1.70 bits per heavy atom. The van der Waals surface area contributed by atoms with Crippen LogP contribution in [-0.4, -0.2) is 28.7 Å². The summed E-state index contributed by atoms with van der Waals surface area (Å²) in [4.78, 5) is -1.94. The van der Waals surface area contributed by atoms with Gasteiger partial charge in [0.25, 0.3) is 0 Å². The summed E-state index contributed by atoms with van der Waals surface area (Å²) in [5.74, 6) is -0.874. The van der Waals surface area contributed by atoms with E-state index in [-0.39, 0.29) is 11.8 Å². The van der Waals surface area contributed by atoms with Crippen LogP contribution in [-0.2, 0) is 9.47 Å². The van der Waals surface area contributed by atoms with E-state index in [4.69, 9.17) is 55.9 Å². The molecule has 4 unspecified atom stereocenters. The first kappa shape index (κ1) is 15.7. The molecule has 4 atom stereocenters. The van der Waals surface area contributed by atoms with E-state index in [0.29, 0.717) is 23.3 Å². The third-order valence-electron chi connectivity index (χ3n) is 5.02. The Morgan fingerprint density at radius 2 is 1.35 bits per heavy atom. The van der Waals surface area contributed by atoms with E-state index < -0.39 is 15.5 Å². The molecule has 3 aliphatic carbocycles. The minimum atomic E-state index is -1.17. The van der Waals surface area contributed by atoms with Gasteiger partial charge < -0.3 is 9.47 Å². The second-order valence-corrected chi connectivity index (χ2v) is 7.63. The summed E-state index contributed by atoms with van der Waals surface area (Å²) in [5.41, 5.74) is 0. The molecule has 3 aliphatic rings. The lowest BCUT2D eigenvalue weighted by Gasteiger charge is -2.43. The van der Waals surface area contributed by atoms with Crippen LogP contribution in [0.2, 0.25) is 0 Å². The Bertz CT molecular complexity index is 426. The predicted molar refractivity (Wildman–Crippen MR) is 82.7 cm³/mol. The van der Waals surface area contributed by atoms with Crippen LogP contribution in [0.5, 0.6) is 0 Å². The third-order valence-corrected chi connectivity index (χ3v) is 7.72. The summed E-state index contributed by atoms with van der Waals surface area (Å²) in [6.45, 7) is 4.68. The highest BCUT2D eigenvalue weighted by atomic mass is 35.5. The molecule has 0 aliphatic heterocycles. The van der Waals surface area contributed by atoms with Gasteiger partial charge in [0, 0.05) is 13.2 Å². The summed E-state index contributed by atoms with van der Waals surface area (Å²) < 4.78 is 12.0. The lowest BCUT2D eigenvalue weighted by molar-refractivity contribution is -0.246. The average Bonchev–Trinajstić information content (AvgIpc) is 2.99. The highest BCUT2D eigenvalue weighted by molar-refractivity contribution is 6.52. The van der Waals surface area contributed by atoms with Crippen molar-refractivity contribution in [2.75, 3.05) is 13.2 Å². The van der Waals surface area contributed by atoms with Crippen LogP contribution in [0, 0.1) is 11.8 Å². The largest absolute Gasteiger partial charge is 0.346 e. The molecule has 0 aromatic carbocycles. The van der Waals surface area contributed by atoms with Gasteiger partial charge >= 0.3 is 0 Å². The number of halogens is 4. The molecule has 20 heavy (non-hydrogen) atoms. The van der Waals surface area contributed by atoms with Crippen LogP contribution < -0.4 is 0 Å². The zero-order valence-corrected chi connectivity index (χ0v) is 14.5. The van der Waals surface area contributed by atoms with Gasteiger partial charge in [-0.15, -0.1) is 23.2 Å². The maximum absolute atomic E-state index is 7.00. The summed E-state index contributed by atoms with van der Waals surface area (Å²) in [6, 6.07) is 0. The SMILES string of the molecule is CCOC1(OCC)C2(Cl)C(Cl)=C(Cl)C1(Cl)C1CCCC12. The molecule has 0 heterocycles. The molecule has 0 saturated heterocycles. The van der Waals surface area contributed by atoms with Gasteiger partial charge in [0.05, 0.1) is 10.1 Å². The van der Waals surface area contributed by atoms with Crippen LogP contribution in [0.25, 0.3) is 0 Å². The molecule has 2 saturated carbocycles. The topological polar surface area (TPSA) is 18.5 Å². The maximum atomic E-state index is 7.00. The molecule has 0 aromatic rings. The average molecular weight is 360 g/mol. The van der Waals surface area contributed by atoms with Gasteiger partial charge in [-0.3, -0.25) is 0 Å². The van der Waals surface area contributed by atoms with Crippen LogP contribution >= 0.6 is 46.4 Å². The van der Waals surface area contributed by atoms with Crippen molar-refractivity contribution in [2.45, 2.75) is 48.6 Å². The highest BCUT2D eigenvalue weighted by Crippen LogP contribution is 2.76. The monoisotopic (exact) mass is 358 g/mol. The summed E-state index contributed by atoms with van der Waals surface area (Å²) in [7, 11) is 0. The normalized spacial score (nSPS) is 45.3. The van der Waals surface area contributed by atoms with Crippen molar-refractivity contribution in [3.05, 3.63) is 10.1 Å². The predicted octanol–water partition coefficient (Wildman–Crippen LogP) is 4.84. The lowest BCUT2D eigenvalue weighted by atomic mass is 9.85. The first-order valence-electron chi connectivity index (χ1n) is 7.13. The van der Waals surface area contributed by atoms with E-state index in [9.17, 15) is 0 Å². The first-order chi connectivity index (χ1) is 9.41. The molecular weight excluding hydrogens is 342 g/mol. The smallest absolute Gasteiger partial charge is 0.218 e. The van der Waals surface area contributed by atoms with Crippen LogP contribution in [0.15, 0.2) is 10.1 Å². The molecule has 0 radical (unpaired) electrons.